The number of carbonyl (C=O) groups excluding carboxylic acids is 1. The third-order valence-corrected chi connectivity index (χ3v) is 10.1. The molecule has 1 saturated heterocycles. The number of carbonyl (C=O) groups is 1. The van der Waals surface area contributed by atoms with Crippen molar-refractivity contribution in [1.29, 1.82) is 0 Å². The van der Waals surface area contributed by atoms with Crippen molar-refractivity contribution < 1.29 is 19.7 Å². The minimum absolute atomic E-state index is 0. The number of aryl methyl sites for hydroxylation is 1. The maximum absolute atomic E-state index is 13.7. The number of piperidine rings is 1. The molecule has 2 aliphatic heterocycles. The van der Waals surface area contributed by atoms with Crippen LogP contribution in [0.1, 0.15) is 59.3 Å². The summed E-state index contributed by atoms with van der Waals surface area (Å²) >= 11 is 0. The molecule has 5 atom stereocenters. The van der Waals surface area contributed by atoms with Gasteiger partial charge in [0.25, 0.3) is 5.91 Å². The number of aromatic hydroxyl groups is 1. The second kappa shape index (κ2) is 8.13. The van der Waals surface area contributed by atoms with Gasteiger partial charge in [0.1, 0.15) is 6.10 Å². The van der Waals surface area contributed by atoms with Crippen LogP contribution in [0.25, 0.3) is 10.9 Å². The number of nitrogens with one attached hydrogen (secondary N) is 2. The SMILES string of the molecule is Cc1cc2cccc(C(=O)N[C@H]3CC[C@@]4(O)[C@H]5Cc6ccc(O)c7c6[C@@]4(CCN5CC4CC4)[C@H]3O7)c2[nH]1.Cl. The van der Waals surface area contributed by atoms with Gasteiger partial charge < -0.3 is 25.3 Å². The number of aliphatic hydroxyl groups is 1. The lowest BCUT2D eigenvalue weighted by Gasteiger charge is -2.64. The number of benzene rings is 2. The first kappa shape index (κ1) is 24.3. The first-order chi connectivity index (χ1) is 17.9. The van der Waals surface area contributed by atoms with Crippen molar-refractivity contribution in [3.05, 3.63) is 58.8 Å². The van der Waals surface area contributed by atoms with Crippen molar-refractivity contribution >= 4 is 29.2 Å². The number of fused-ring (bicyclic) bond motifs is 1. The highest BCUT2D eigenvalue weighted by atomic mass is 35.5. The van der Waals surface area contributed by atoms with E-state index in [2.05, 4.69) is 15.2 Å². The minimum atomic E-state index is -0.950. The third-order valence-electron chi connectivity index (χ3n) is 10.1. The molecule has 200 valence electrons. The van der Waals surface area contributed by atoms with E-state index in [4.69, 9.17) is 4.74 Å². The number of ether oxygens (including phenoxy) is 1. The van der Waals surface area contributed by atoms with E-state index in [9.17, 15) is 15.0 Å². The van der Waals surface area contributed by atoms with Crippen LogP contribution in [0, 0.1) is 12.8 Å². The van der Waals surface area contributed by atoms with E-state index in [-0.39, 0.29) is 36.1 Å². The predicted octanol–water partition coefficient (Wildman–Crippen LogP) is 3.97. The van der Waals surface area contributed by atoms with E-state index < -0.39 is 17.1 Å². The summed E-state index contributed by atoms with van der Waals surface area (Å²) in [7, 11) is 0. The van der Waals surface area contributed by atoms with E-state index in [0.29, 0.717) is 24.2 Å². The zero-order valence-corrected chi connectivity index (χ0v) is 22.3. The first-order valence-corrected chi connectivity index (χ1v) is 13.8. The molecule has 3 aromatic rings. The molecule has 7 nitrogen and oxygen atoms in total. The lowest BCUT2D eigenvalue weighted by molar-refractivity contribution is -0.191. The van der Waals surface area contributed by atoms with Gasteiger partial charge in [-0.25, -0.2) is 0 Å². The van der Waals surface area contributed by atoms with Crippen molar-refractivity contribution in [2.24, 2.45) is 5.92 Å². The monoisotopic (exact) mass is 535 g/mol. The smallest absolute Gasteiger partial charge is 0.253 e. The number of aromatic amines is 1. The number of phenols is 1. The average Bonchev–Trinajstić information content (AvgIpc) is 3.49. The number of hydrogen-bond donors (Lipinski definition) is 4. The van der Waals surface area contributed by atoms with Crippen molar-refractivity contribution in [1.82, 2.24) is 15.2 Å². The molecule has 3 fully saturated rings. The van der Waals surface area contributed by atoms with Gasteiger partial charge >= 0.3 is 0 Å². The van der Waals surface area contributed by atoms with Crippen LogP contribution in [0.2, 0.25) is 0 Å². The van der Waals surface area contributed by atoms with Crippen molar-refractivity contribution in [3.63, 3.8) is 0 Å². The summed E-state index contributed by atoms with van der Waals surface area (Å²) in [6.07, 6.45) is 4.92. The van der Waals surface area contributed by atoms with Crippen LogP contribution in [0.15, 0.2) is 36.4 Å². The molecular weight excluding hydrogens is 502 g/mol. The molecule has 8 heteroatoms. The molecule has 2 bridgehead atoms. The average molecular weight is 536 g/mol. The fraction of sp³-hybridized carbons (Fsp3) is 0.500. The molecule has 1 aromatic heterocycles. The lowest BCUT2D eigenvalue weighted by atomic mass is 9.48. The number of aromatic nitrogens is 1. The Balaban J connectivity index is 0.00000242. The van der Waals surface area contributed by atoms with E-state index in [1.807, 2.05) is 37.3 Å². The molecule has 5 aliphatic rings. The molecular formula is C30H34ClN3O4. The summed E-state index contributed by atoms with van der Waals surface area (Å²) in [5, 5.41) is 27.7. The van der Waals surface area contributed by atoms with Gasteiger partial charge in [0, 0.05) is 29.2 Å². The number of H-pyrrole nitrogens is 1. The topological polar surface area (TPSA) is 97.8 Å². The van der Waals surface area contributed by atoms with Crippen LogP contribution < -0.4 is 10.1 Å². The molecule has 1 spiro atoms. The van der Waals surface area contributed by atoms with Crippen LogP contribution in [-0.4, -0.2) is 62.9 Å². The summed E-state index contributed by atoms with van der Waals surface area (Å²) in [6.45, 7) is 3.94. The Morgan fingerprint density at radius 1 is 1.21 bits per heavy atom. The fourth-order valence-electron chi connectivity index (χ4n) is 8.36. The van der Waals surface area contributed by atoms with Crippen LogP contribution >= 0.6 is 12.4 Å². The normalized spacial score (nSPS) is 32.8. The van der Waals surface area contributed by atoms with Gasteiger partial charge in [-0.2, -0.15) is 0 Å². The Morgan fingerprint density at radius 2 is 2.05 bits per heavy atom. The number of rotatable bonds is 4. The Hall–Kier alpha value is -2.74. The molecule has 2 aromatic carbocycles. The molecule has 3 aliphatic carbocycles. The van der Waals surface area contributed by atoms with Gasteiger partial charge in [-0.15, -0.1) is 12.4 Å². The Labute approximate surface area is 228 Å². The number of halogens is 1. The largest absolute Gasteiger partial charge is 0.504 e. The number of likely N-dealkylation sites (tertiary alicyclic amines) is 1. The van der Waals surface area contributed by atoms with Gasteiger partial charge in [0.2, 0.25) is 0 Å². The van der Waals surface area contributed by atoms with Gasteiger partial charge in [-0.05, 0) is 81.7 Å². The molecule has 2 saturated carbocycles. The Bertz CT molecular complexity index is 1470. The molecule has 38 heavy (non-hydrogen) atoms. The molecule has 0 radical (unpaired) electrons. The van der Waals surface area contributed by atoms with Gasteiger partial charge in [-0.1, -0.05) is 18.2 Å². The molecule has 1 amide bonds. The van der Waals surface area contributed by atoms with E-state index in [1.165, 1.54) is 18.4 Å². The summed E-state index contributed by atoms with van der Waals surface area (Å²) in [4.78, 5) is 19.5. The van der Waals surface area contributed by atoms with E-state index in [0.717, 1.165) is 54.0 Å². The van der Waals surface area contributed by atoms with Crippen molar-refractivity contribution in [3.8, 4) is 11.5 Å². The highest BCUT2D eigenvalue weighted by Gasteiger charge is 2.73. The first-order valence-electron chi connectivity index (χ1n) is 13.8. The summed E-state index contributed by atoms with van der Waals surface area (Å²) in [6, 6.07) is 11.3. The molecule has 3 heterocycles. The number of amides is 1. The minimum Gasteiger partial charge on any atom is -0.504 e. The van der Waals surface area contributed by atoms with E-state index >= 15 is 0 Å². The second-order valence-electron chi connectivity index (χ2n) is 12.1. The van der Waals surface area contributed by atoms with Crippen LogP contribution in [0.3, 0.4) is 0 Å². The predicted molar refractivity (Wildman–Crippen MR) is 146 cm³/mol. The van der Waals surface area contributed by atoms with Crippen LogP contribution in [-0.2, 0) is 11.8 Å². The van der Waals surface area contributed by atoms with Gasteiger partial charge in [-0.3, -0.25) is 9.69 Å². The molecule has 4 N–H and O–H groups in total. The Kier molecular flexibility index (Phi) is 5.20. The second-order valence-corrected chi connectivity index (χ2v) is 12.1. The number of para-hydroxylation sites is 1. The number of phenolic OH excluding ortho intramolecular Hbond substituents is 1. The highest BCUT2D eigenvalue weighted by molar-refractivity contribution is 6.06. The van der Waals surface area contributed by atoms with Gasteiger partial charge in [0.05, 0.1) is 28.1 Å². The molecule has 0 unspecified atom stereocenters. The zero-order chi connectivity index (χ0) is 25.1. The van der Waals surface area contributed by atoms with Crippen molar-refractivity contribution in [2.45, 2.75) is 74.7 Å². The third kappa shape index (κ3) is 3.07. The lowest BCUT2D eigenvalue weighted by Crippen LogP contribution is -2.78. The van der Waals surface area contributed by atoms with Crippen LogP contribution in [0.5, 0.6) is 11.5 Å². The fourth-order valence-corrected chi connectivity index (χ4v) is 8.36. The highest BCUT2D eigenvalue weighted by Crippen LogP contribution is 2.65. The maximum Gasteiger partial charge on any atom is 0.253 e. The summed E-state index contributed by atoms with van der Waals surface area (Å²) < 4.78 is 6.59. The van der Waals surface area contributed by atoms with Crippen molar-refractivity contribution in [2.75, 3.05) is 13.1 Å². The maximum atomic E-state index is 13.7. The number of nitrogens with zero attached hydrogens (tertiary/aromatic N) is 1. The molecule has 8 rings (SSSR count). The zero-order valence-electron chi connectivity index (χ0n) is 21.5. The standard InChI is InChI=1S/C30H33N3O4.ClH/c1-16-13-19-3-2-4-20(25(19)31-16)28(35)32-21-9-10-30(36)23-14-18-7-8-22(34)26-24(18)29(30,27(21)37-26)11-12-33(23)15-17-5-6-17;/h2-4,7-8,13,17,21,23,27,31,34,36H,5-6,9-12,14-15H2,1H3,(H,32,35);1H/t21-,23+,27-,29-,30+;/m0./s1. The van der Waals surface area contributed by atoms with E-state index in [1.54, 1.807) is 6.07 Å². The Morgan fingerprint density at radius 3 is 2.87 bits per heavy atom. The van der Waals surface area contributed by atoms with Crippen LogP contribution in [0.4, 0.5) is 0 Å². The van der Waals surface area contributed by atoms with Gasteiger partial charge in [0.15, 0.2) is 11.5 Å². The quantitative estimate of drug-likeness (QED) is 0.405. The summed E-state index contributed by atoms with van der Waals surface area (Å²) in [5.74, 6) is 1.25. The summed E-state index contributed by atoms with van der Waals surface area (Å²) in [5.41, 5.74) is 3.04. The number of hydrogen-bond acceptors (Lipinski definition) is 5.